The highest BCUT2D eigenvalue weighted by Gasteiger charge is 2.00. The van der Waals surface area contributed by atoms with E-state index in [1.807, 2.05) is 37.3 Å². The van der Waals surface area contributed by atoms with E-state index in [1.54, 1.807) is 0 Å². The molecular formula is C18H23NO2. The van der Waals surface area contributed by atoms with E-state index in [9.17, 15) is 0 Å². The lowest BCUT2D eigenvalue weighted by Gasteiger charge is -2.10. The molecule has 0 saturated carbocycles. The fourth-order valence-corrected chi connectivity index (χ4v) is 1.97. The molecule has 2 aromatic rings. The van der Waals surface area contributed by atoms with Gasteiger partial charge < -0.3 is 15.2 Å². The van der Waals surface area contributed by atoms with Gasteiger partial charge in [0.15, 0.2) is 0 Å². The summed E-state index contributed by atoms with van der Waals surface area (Å²) >= 11 is 0. The molecule has 1 atom stereocenters. The summed E-state index contributed by atoms with van der Waals surface area (Å²) in [5.41, 5.74) is 2.38. The van der Waals surface area contributed by atoms with Gasteiger partial charge in [0.2, 0.25) is 0 Å². The van der Waals surface area contributed by atoms with E-state index in [4.69, 9.17) is 9.84 Å². The summed E-state index contributed by atoms with van der Waals surface area (Å²) in [7, 11) is 0. The fourth-order valence-electron chi connectivity index (χ4n) is 1.97. The monoisotopic (exact) mass is 285 g/mol. The lowest BCUT2D eigenvalue weighted by molar-refractivity contribution is 0.233. The first-order valence-corrected chi connectivity index (χ1v) is 7.35. The molecule has 0 aromatic heterocycles. The van der Waals surface area contributed by atoms with E-state index >= 15 is 0 Å². The van der Waals surface area contributed by atoms with Crippen molar-refractivity contribution in [2.75, 3.05) is 13.2 Å². The van der Waals surface area contributed by atoms with Crippen molar-refractivity contribution in [3.8, 4) is 5.75 Å². The normalized spacial score (nSPS) is 12.1. The molecule has 0 radical (unpaired) electrons. The zero-order chi connectivity index (χ0) is 14.9. The van der Waals surface area contributed by atoms with Crippen LogP contribution in [-0.4, -0.2) is 18.3 Å². The van der Waals surface area contributed by atoms with E-state index < -0.39 is 0 Å². The number of aliphatic hydroxyl groups excluding tert-OH is 1. The minimum atomic E-state index is 0.221. The topological polar surface area (TPSA) is 41.5 Å². The molecule has 0 aliphatic carbocycles. The average Bonchev–Trinajstić information content (AvgIpc) is 2.55. The number of hydrogen-bond acceptors (Lipinski definition) is 3. The Morgan fingerprint density at radius 1 is 1.00 bits per heavy atom. The molecule has 0 saturated heterocycles. The van der Waals surface area contributed by atoms with Crippen molar-refractivity contribution >= 4 is 0 Å². The van der Waals surface area contributed by atoms with Gasteiger partial charge in [-0.1, -0.05) is 49.4 Å². The van der Waals surface area contributed by atoms with Gasteiger partial charge in [-0.3, -0.25) is 0 Å². The van der Waals surface area contributed by atoms with Crippen LogP contribution in [0.2, 0.25) is 0 Å². The smallest absolute Gasteiger partial charge is 0.119 e. The van der Waals surface area contributed by atoms with Crippen molar-refractivity contribution in [1.82, 2.24) is 5.32 Å². The van der Waals surface area contributed by atoms with Gasteiger partial charge in [0.25, 0.3) is 0 Å². The summed E-state index contributed by atoms with van der Waals surface area (Å²) in [6.45, 7) is 4.46. The molecule has 0 amide bonds. The van der Waals surface area contributed by atoms with Crippen LogP contribution in [0.4, 0.5) is 0 Å². The van der Waals surface area contributed by atoms with Gasteiger partial charge in [-0.2, -0.15) is 0 Å². The zero-order valence-electron chi connectivity index (χ0n) is 12.5. The molecule has 1 unspecified atom stereocenters. The molecule has 3 nitrogen and oxygen atoms in total. The maximum absolute atomic E-state index is 8.96. The molecule has 2 N–H and O–H groups in total. The number of nitrogens with one attached hydrogen (secondary N) is 1. The Bertz CT molecular complexity index is 511. The van der Waals surface area contributed by atoms with Crippen LogP contribution in [0.15, 0.2) is 54.6 Å². The van der Waals surface area contributed by atoms with Gasteiger partial charge >= 0.3 is 0 Å². The Balaban J connectivity index is 1.76. The highest BCUT2D eigenvalue weighted by molar-refractivity contribution is 5.27. The third-order valence-corrected chi connectivity index (χ3v) is 3.31. The van der Waals surface area contributed by atoms with Crippen LogP contribution < -0.4 is 10.1 Å². The van der Waals surface area contributed by atoms with Crippen molar-refractivity contribution < 1.29 is 9.84 Å². The van der Waals surface area contributed by atoms with Crippen LogP contribution in [0, 0.1) is 5.92 Å². The van der Waals surface area contributed by atoms with Crippen molar-refractivity contribution in [3.63, 3.8) is 0 Å². The summed E-state index contributed by atoms with van der Waals surface area (Å²) in [6, 6.07) is 18.3. The maximum atomic E-state index is 8.96. The van der Waals surface area contributed by atoms with E-state index in [0.717, 1.165) is 18.8 Å². The quantitative estimate of drug-likeness (QED) is 0.783. The summed E-state index contributed by atoms with van der Waals surface area (Å²) in [6.07, 6.45) is 0. The Morgan fingerprint density at radius 3 is 2.38 bits per heavy atom. The SMILES string of the molecule is CC(CO)CNCc1ccc(OCc2ccccc2)cc1. The molecule has 0 aliphatic rings. The summed E-state index contributed by atoms with van der Waals surface area (Å²) in [5, 5.41) is 12.3. The Kier molecular flexibility index (Phi) is 6.25. The van der Waals surface area contributed by atoms with Crippen molar-refractivity contribution in [3.05, 3.63) is 65.7 Å². The molecule has 112 valence electrons. The molecule has 2 aromatic carbocycles. The van der Waals surface area contributed by atoms with Crippen LogP contribution in [0.5, 0.6) is 5.75 Å². The Hall–Kier alpha value is -1.84. The minimum absolute atomic E-state index is 0.221. The molecule has 21 heavy (non-hydrogen) atoms. The second kappa shape index (κ2) is 8.45. The molecule has 0 spiro atoms. The molecule has 0 aliphatic heterocycles. The third kappa shape index (κ3) is 5.58. The largest absolute Gasteiger partial charge is 0.489 e. The first-order chi connectivity index (χ1) is 10.3. The summed E-state index contributed by atoms with van der Waals surface area (Å²) < 4.78 is 5.75. The number of benzene rings is 2. The molecule has 0 bridgehead atoms. The van der Waals surface area contributed by atoms with Crippen LogP contribution in [0.25, 0.3) is 0 Å². The van der Waals surface area contributed by atoms with Gasteiger partial charge in [-0.15, -0.1) is 0 Å². The lowest BCUT2D eigenvalue weighted by Crippen LogP contribution is -2.22. The summed E-state index contributed by atoms with van der Waals surface area (Å²) in [4.78, 5) is 0. The average molecular weight is 285 g/mol. The summed E-state index contributed by atoms with van der Waals surface area (Å²) in [5.74, 6) is 1.17. The maximum Gasteiger partial charge on any atom is 0.119 e. The van der Waals surface area contributed by atoms with E-state index in [2.05, 4.69) is 29.6 Å². The van der Waals surface area contributed by atoms with Crippen molar-refractivity contribution in [2.24, 2.45) is 5.92 Å². The van der Waals surface area contributed by atoms with Crippen LogP contribution in [-0.2, 0) is 13.2 Å². The highest BCUT2D eigenvalue weighted by Crippen LogP contribution is 2.14. The standard InChI is InChI=1S/C18H23NO2/c1-15(13-20)11-19-12-16-7-9-18(10-8-16)21-14-17-5-3-2-4-6-17/h2-10,15,19-20H,11-14H2,1H3. The minimum Gasteiger partial charge on any atom is -0.489 e. The molecule has 0 heterocycles. The second-order valence-electron chi connectivity index (χ2n) is 5.34. The van der Waals surface area contributed by atoms with Crippen LogP contribution >= 0.6 is 0 Å². The van der Waals surface area contributed by atoms with E-state index in [-0.39, 0.29) is 6.61 Å². The first-order valence-electron chi connectivity index (χ1n) is 7.35. The molecule has 2 rings (SSSR count). The third-order valence-electron chi connectivity index (χ3n) is 3.31. The Morgan fingerprint density at radius 2 is 1.71 bits per heavy atom. The second-order valence-corrected chi connectivity index (χ2v) is 5.34. The van der Waals surface area contributed by atoms with Crippen molar-refractivity contribution in [2.45, 2.75) is 20.1 Å². The molecule has 3 heteroatoms. The van der Waals surface area contributed by atoms with E-state index in [0.29, 0.717) is 12.5 Å². The first kappa shape index (κ1) is 15.5. The lowest BCUT2D eigenvalue weighted by atomic mass is 10.2. The zero-order valence-corrected chi connectivity index (χ0v) is 12.5. The van der Waals surface area contributed by atoms with Gasteiger partial charge in [0.05, 0.1) is 0 Å². The van der Waals surface area contributed by atoms with Gasteiger partial charge in [0.1, 0.15) is 12.4 Å². The van der Waals surface area contributed by atoms with Crippen molar-refractivity contribution in [1.29, 1.82) is 0 Å². The van der Waals surface area contributed by atoms with Gasteiger partial charge in [-0.05, 0) is 29.2 Å². The fraction of sp³-hybridized carbons (Fsp3) is 0.333. The molecule has 0 fully saturated rings. The number of aliphatic hydroxyl groups is 1. The predicted molar refractivity (Wildman–Crippen MR) is 85.2 cm³/mol. The number of rotatable bonds is 8. The van der Waals surface area contributed by atoms with Gasteiger partial charge in [-0.25, -0.2) is 0 Å². The highest BCUT2D eigenvalue weighted by atomic mass is 16.5. The van der Waals surface area contributed by atoms with Gasteiger partial charge in [0, 0.05) is 19.7 Å². The van der Waals surface area contributed by atoms with Crippen LogP contribution in [0.3, 0.4) is 0 Å². The number of ether oxygens (including phenoxy) is 1. The molecular weight excluding hydrogens is 262 g/mol. The predicted octanol–water partition coefficient (Wildman–Crippen LogP) is 2.98. The Labute approximate surface area is 126 Å². The van der Waals surface area contributed by atoms with E-state index in [1.165, 1.54) is 11.1 Å². The number of hydrogen-bond donors (Lipinski definition) is 2. The van der Waals surface area contributed by atoms with Crippen LogP contribution in [0.1, 0.15) is 18.1 Å².